The van der Waals surface area contributed by atoms with E-state index in [0.29, 0.717) is 0 Å². The van der Waals surface area contributed by atoms with Crippen molar-refractivity contribution in [2.24, 2.45) is 11.7 Å². The smallest absolute Gasteiger partial charge is 0.326 e. The van der Waals surface area contributed by atoms with Gasteiger partial charge < -0.3 is 31.6 Å². The number of nitrogens with two attached hydrogens (primary N) is 1. The highest BCUT2D eigenvalue weighted by Crippen LogP contribution is 2.19. The number of aromatic amines is 1. The van der Waals surface area contributed by atoms with E-state index in [2.05, 4.69) is 15.6 Å². The molecule has 0 unspecified atom stereocenters. The first kappa shape index (κ1) is 25.8. The van der Waals surface area contributed by atoms with Gasteiger partial charge in [-0.3, -0.25) is 9.59 Å². The summed E-state index contributed by atoms with van der Waals surface area (Å²) in [6.45, 7) is 3.74. The third kappa shape index (κ3) is 7.07. The molecule has 0 saturated heterocycles. The van der Waals surface area contributed by atoms with Gasteiger partial charge in [-0.05, 0) is 48.1 Å². The second-order valence-corrected chi connectivity index (χ2v) is 9.13. The standard InChI is InChI=1S/C26H32N4O5/c1-15(2)11-23(26(34)35)30-25(33)22(13-17-14-28-21-6-4-3-5-19(17)21)29-24(32)20(27)12-16-7-9-18(31)10-8-16/h3-10,14-15,20,22-23,28,31H,11-13,27H2,1-2H3,(H,29,32)(H,30,33)(H,34,35)/t20-,22-,23-/m0/s1. The van der Waals surface area contributed by atoms with Crippen LogP contribution in [0.2, 0.25) is 0 Å². The molecule has 0 aliphatic carbocycles. The number of H-pyrrole nitrogens is 1. The van der Waals surface area contributed by atoms with Gasteiger partial charge >= 0.3 is 5.97 Å². The van der Waals surface area contributed by atoms with Crippen LogP contribution in [-0.4, -0.2) is 51.1 Å². The highest BCUT2D eigenvalue weighted by atomic mass is 16.4. The molecule has 3 atom stereocenters. The van der Waals surface area contributed by atoms with Crippen molar-refractivity contribution in [3.05, 3.63) is 65.9 Å². The van der Waals surface area contributed by atoms with Crippen molar-refractivity contribution >= 4 is 28.7 Å². The van der Waals surface area contributed by atoms with Gasteiger partial charge in [0, 0.05) is 23.5 Å². The Bertz CT molecular complexity index is 1170. The monoisotopic (exact) mass is 480 g/mol. The van der Waals surface area contributed by atoms with E-state index in [1.54, 1.807) is 18.3 Å². The average Bonchev–Trinajstić information content (AvgIpc) is 3.22. The van der Waals surface area contributed by atoms with Crippen LogP contribution in [-0.2, 0) is 27.2 Å². The molecule has 1 heterocycles. The first-order valence-corrected chi connectivity index (χ1v) is 11.6. The number of carboxylic acid groups (broad SMARTS) is 1. The second kappa shape index (κ2) is 11.5. The van der Waals surface area contributed by atoms with Gasteiger partial charge in [-0.1, -0.05) is 44.2 Å². The van der Waals surface area contributed by atoms with Crippen molar-refractivity contribution in [3.8, 4) is 5.75 Å². The van der Waals surface area contributed by atoms with Gasteiger partial charge in [0.15, 0.2) is 0 Å². The molecule has 186 valence electrons. The molecule has 2 aromatic carbocycles. The largest absolute Gasteiger partial charge is 0.508 e. The molecule has 35 heavy (non-hydrogen) atoms. The molecule has 0 spiro atoms. The summed E-state index contributed by atoms with van der Waals surface area (Å²) in [6.07, 6.45) is 2.39. The highest BCUT2D eigenvalue weighted by Gasteiger charge is 2.29. The minimum absolute atomic E-state index is 0.0526. The number of aromatic hydroxyl groups is 1. The van der Waals surface area contributed by atoms with Crippen molar-refractivity contribution in [1.29, 1.82) is 0 Å². The van der Waals surface area contributed by atoms with Gasteiger partial charge in [-0.2, -0.15) is 0 Å². The molecule has 3 aromatic rings. The van der Waals surface area contributed by atoms with Crippen LogP contribution in [0.1, 0.15) is 31.4 Å². The van der Waals surface area contributed by atoms with E-state index >= 15 is 0 Å². The summed E-state index contributed by atoms with van der Waals surface area (Å²) in [5, 5.41) is 25.2. The number of carbonyl (C=O) groups is 3. The van der Waals surface area contributed by atoms with E-state index in [1.165, 1.54) is 12.1 Å². The fourth-order valence-corrected chi connectivity index (χ4v) is 3.95. The molecular weight excluding hydrogens is 448 g/mol. The Hall–Kier alpha value is -3.85. The number of amides is 2. The van der Waals surface area contributed by atoms with E-state index in [4.69, 9.17) is 5.73 Å². The number of nitrogens with one attached hydrogen (secondary N) is 3. The Morgan fingerprint density at radius 1 is 0.943 bits per heavy atom. The summed E-state index contributed by atoms with van der Waals surface area (Å²) >= 11 is 0. The van der Waals surface area contributed by atoms with Crippen molar-refractivity contribution in [2.45, 2.75) is 51.2 Å². The molecule has 2 amide bonds. The summed E-state index contributed by atoms with van der Waals surface area (Å²) < 4.78 is 0. The van der Waals surface area contributed by atoms with Gasteiger partial charge in [0.05, 0.1) is 6.04 Å². The van der Waals surface area contributed by atoms with Gasteiger partial charge in [0.25, 0.3) is 0 Å². The third-order valence-electron chi connectivity index (χ3n) is 5.78. The highest BCUT2D eigenvalue weighted by molar-refractivity contribution is 5.93. The first-order chi connectivity index (χ1) is 16.6. The molecule has 0 radical (unpaired) electrons. The molecule has 7 N–H and O–H groups in total. The van der Waals surface area contributed by atoms with E-state index in [1.807, 2.05) is 38.1 Å². The topological polar surface area (TPSA) is 158 Å². The lowest BCUT2D eigenvalue weighted by molar-refractivity contribution is -0.142. The van der Waals surface area contributed by atoms with Gasteiger partial charge in [-0.15, -0.1) is 0 Å². The van der Waals surface area contributed by atoms with Gasteiger partial charge in [0.2, 0.25) is 11.8 Å². The number of hydrogen-bond donors (Lipinski definition) is 6. The molecule has 1 aromatic heterocycles. The SMILES string of the molecule is CC(C)C[C@H](NC(=O)[C@H](Cc1c[nH]c2ccccc12)NC(=O)[C@@H](N)Cc1ccc(O)cc1)C(=O)O. The number of benzene rings is 2. The predicted octanol–water partition coefficient (Wildman–Crippen LogP) is 2.09. The number of carboxylic acids is 1. The fraction of sp³-hybridized carbons (Fsp3) is 0.346. The number of aromatic nitrogens is 1. The zero-order valence-corrected chi connectivity index (χ0v) is 19.8. The van der Waals surface area contributed by atoms with Crippen molar-refractivity contribution in [3.63, 3.8) is 0 Å². The fourth-order valence-electron chi connectivity index (χ4n) is 3.95. The van der Waals surface area contributed by atoms with E-state index in [9.17, 15) is 24.6 Å². The second-order valence-electron chi connectivity index (χ2n) is 9.13. The minimum Gasteiger partial charge on any atom is -0.508 e. The van der Waals surface area contributed by atoms with Gasteiger partial charge in [0.1, 0.15) is 17.8 Å². The van der Waals surface area contributed by atoms with Crippen LogP contribution < -0.4 is 16.4 Å². The number of rotatable bonds is 11. The number of hydrogen-bond acceptors (Lipinski definition) is 5. The molecule has 0 fully saturated rings. The zero-order valence-electron chi connectivity index (χ0n) is 19.8. The normalized spacial score (nSPS) is 13.8. The number of para-hydroxylation sites is 1. The summed E-state index contributed by atoms with van der Waals surface area (Å²) in [7, 11) is 0. The Morgan fingerprint density at radius 3 is 2.26 bits per heavy atom. The number of phenolic OH excluding ortho intramolecular Hbond substituents is 1. The molecule has 9 nitrogen and oxygen atoms in total. The lowest BCUT2D eigenvalue weighted by Crippen LogP contribution is -2.55. The van der Waals surface area contributed by atoms with E-state index in [0.717, 1.165) is 22.0 Å². The van der Waals surface area contributed by atoms with Crippen molar-refractivity contribution in [1.82, 2.24) is 15.6 Å². The van der Waals surface area contributed by atoms with Crippen LogP contribution in [0.4, 0.5) is 0 Å². The third-order valence-corrected chi connectivity index (χ3v) is 5.78. The number of aliphatic carboxylic acids is 1. The van der Waals surface area contributed by atoms with Gasteiger partial charge in [-0.25, -0.2) is 4.79 Å². The zero-order chi connectivity index (χ0) is 25.5. The Labute approximate surface area is 203 Å². The molecule has 0 bridgehead atoms. The molecule has 0 saturated carbocycles. The minimum atomic E-state index is -1.13. The lowest BCUT2D eigenvalue weighted by atomic mass is 10.0. The quantitative estimate of drug-likeness (QED) is 0.247. The van der Waals surface area contributed by atoms with Crippen LogP contribution in [0.5, 0.6) is 5.75 Å². The number of carbonyl (C=O) groups excluding carboxylic acids is 2. The van der Waals surface area contributed by atoms with Crippen LogP contribution >= 0.6 is 0 Å². The number of phenols is 1. The Kier molecular flexibility index (Phi) is 8.48. The molecular formula is C26H32N4O5. The van der Waals surface area contributed by atoms with E-state index < -0.39 is 35.9 Å². The van der Waals surface area contributed by atoms with Crippen LogP contribution in [0, 0.1) is 5.92 Å². The van der Waals surface area contributed by atoms with Crippen LogP contribution in [0.15, 0.2) is 54.7 Å². The first-order valence-electron chi connectivity index (χ1n) is 11.6. The molecule has 0 aliphatic rings. The Morgan fingerprint density at radius 2 is 1.60 bits per heavy atom. The molecule has 3 rings (SSSR count). The molecule has 9 heteroatoms. The number of fused-ring (bicyclic) bond motifs is 1. The van der Waals surface area contributed by atoms with Crippen LogP contribution in [0.25, 0.3) is 10.9 Å². The summed E-state index contributed by atoms with van der Waals surface area (Å²) in [6, 6.07) is 10.9. The maximum Gasteiger partial charge on any atom is 0.326 e. The summed E-state index contributed by atoms with van der Waals surface area (Å²) in [5.41, 5.74) is 8.56. The van der Waals surface area contributed by atoms with E-state index in [-0.39, 0.29) is 30.9 Å². The van der Waals surface area contributed by atoms with Crippen molar-refractivity contribution < 1.29 is 24.6 Å². The maximum atomic E-state index is 13.2. The Balaban J connectivity index is 1.79. The summed E-state index contributed by atoms with van der Waals surface area (Å²) in [5.74, 6) is -2.09. The average molecular weight is 481 g/mol. The predicted molar refractivity (Wildman–Crippen MR) is 133 cm³/mol. The molecule has 0 aliphatic heterocycles. The summed E-state index contributed by atoms with van der Waals surface area (Å²) in [4.78, 5) is 41.0. The maximum absolute atomic E-state index is 13.2. The lowest BCUT2D eigenvalue weighted by Gasteiger charge is -2.23. The van der Waals surface area contributed by atoms with Crippen LogP contribution in [0.3, 0.4) is 0 Å². The van der Waals surface area contributed by atoms with Crippen molar-refractivity contribution in [2.75, 3.05) is 0 Å².